The van der Waals surface area contributed by atoms with E-state index in [1.165, 1.54) is 0 Å². The highest BCUT2D eigenvalue weighted by Gasteiger charge is 2.44. The number of hydrogen-bond donors (Lipinski definition) is 0. The van der Waals surface area contributed by atoms with Crippen molar-refractivity contribution in [2.45, 2.75) is 13.0 Å². The molecule has 0 radical (unpaired) electrons. The monoisotopic (exact) mass is 556 g/mol. The number of amides is 1. The average Bonchev–Trinajstić information content (AvgIpc) is 3.52. The first-order valence-corrected chi connectivity index (χ1v) is 13.7. The molecule has 0 fully saturated rings. The van der Waals surface area contributed by atoms with Crippen LogP contribution in [0.4, 0.5) is 5.69 Å². The smallest absolute Gasteiger partial charge is 0.261 e. The van der Waals surface area contributed by atoms with Crippen LogP contribution < -0.4 is 9.64 Å². The van der Waals surface area contributed by atoms with E-state index in [9.17, 15) is 4.79 Å². The third-order valence-corrected chi connectivity index (χ3v) is 7.83. The number of methoxy groups -OCH3 is 1. The molecule has 0 bridgehead atoms. The number of ether oxygens (including phenoxy) is 1. The molecule has 1 aliphatic heterocycles. The van der Waals surface area contributed by atoms with E-state index >= 15 is 0 Å². The van der Waals surface area contributed by atoms with Gasteiger partial charge in [0, 0.05) is 27.2 Å². The molecule has 4 aromatic carbocycles. The maximum atomic E-state index is 14.6. The van der Waals surface area contributed by atoms with Crippen LogP contribution in [0.1, 0.15) is 33.2 Å². The summed E-state index contributed by atoms with van der Waals surface area (Å²) in [4.78, 5) is 21.7. The van der Waals surface area contributed by atoms with Gasteiger partial charge in [0.05, 0.1) is 35.8 Å². The van der Waals surface area contributed by atoms with Crippen LogP contribution in [-0.4, -0.2) is 27.8 Å². The van der Waals surface area contributed by atoms with Gasteiger partial charge in [-0.25, -0.2) is 9.67 Å². The van der Waals surface area contributed by atoms with E-state index in [0.29, 0.717) is 21.9 Å². The molecule has 6 nitrogen and oxygen atoms in total. The zero-order valence-corrected chi connectivity index (χ0v) is 23.2. The minimum atomic E-state index is -0.428. The van der Waals surface area contributed by atoms with Crippen molar-refractivity contribution in [1.29, 1.82) is 0 Å². The highest BCUT2D eigenvalue weighted by atomic mass is 35.5. The number of hydrogen-bond acceptors (Lipinski definition) is 4. The molecule has 0 spiro atoms. The summed E-state index contributed by atoms with van der Waals surface area (Å²) in [6, 6.07) is 34.7. The highest BCUT2D eigenvalue weighted by Crippen LogP contribution is 2.48. The van der Waals surface area contributed by atoms with Crippen molar-refractivity contribution in [3.05, 3.63) is 137 Å². The third kappa shape index (κ3) is 4.07. The molecule has 0 aliphatic carbocycles. The quantitative estimate of drug-likeness (QED) is 0.217. The van der Waals surface area contributed by atoms with Gasteiger partial charge in [-0.05, 0) is 61.0 Å². The Bertz CT molecular complexity index is 1900. The molecule has 7 heteroatoms. The van der Waals surface area contributed by atoms with Gasteiger partial charge in [-0.2, -0.15) is 5.10 Å². The van der Waals surface area contributed by atoms with E-state index in [1.807, 2.05) is 126 Å². The van der Waals surface area contributed by atoms with Crippen molar-refractivity contribution in [2.75, 3.05) is 12.0 Å². The number of carbonyl (C=O) groups excluding carboxylic acids is 1. The second kappa shape index (κ2) is 9.91. The van der Waals surface area contributed by atoms with Crippen LogP contribution in [0, 0.1) is 6.92 Å². The Hall–Kier alpha value is -4.94. The van der Waals surface area contributed by atoms with Gasteiger partial charge in [0.25, 0.3) is 5.91 Å². The Balaban J connectivity index is 1.59. The van der Waals surface area contributed by atoms with Crippen molar-refractivity contribution >= 4 is 34.2 Å². The van der Waals surface area contributed by atoms with E-state index in [1.54, 1.807) is 7.11 Å². The predicted octanol–water partition coefficient (Wildman–Crippen LogP) is 7.81. The van der Waals surface area contributed by atoms with E-state index in [4.69, 9.17) is 26.4 Å². The van der Waals surface area contributed by atoms with Gasteiger partial charge in [-0.1, -0.05) is 72.3 Å². The number of rotatable bonds is 5. The van der Waals surface area contributed by atoms with Crippen molar-refractivity contribution in [2.24, 2.45) is 0 Å². The molecule has 1 aliphatic rings. The molecule has 1 amide bonds. The normalized spacial score (nSPS) is 14.5. The summed E-state index contributed by atoms with van der Waals surface area (Å²) in [7, 11) is 1.63. The lowest BCUT2D eigenvalue weighted by Crippen LogP contribution is -2.28. The molecule has 2 aromatic heterocycles. The van der Waals surface area contributed by atoms with E-state index in [-0.39, 0.29) is 5.91 Å². The molecule has 7 rings (SSSR count). The Morgan fingerprint density at radius 3 is 2.12 bits per heavy atom. The largest absolute Gasteiger partial charge is 0.497 e. The van der Waals surface area contributed by atoms with Crippen LogP contribution >= 0.6 is 11.6 Å². The number of aromatic nitrogens is 3. The van der Waals surface area contributed by atoms with Gasteiger partial charge < -0.3 is 4.74 Å². The van der Waals surface area contributed by atoms with Crippen molar-refractivity contribution in [3.63, 3.8) is 0 Å². The van der Waals surface area contributed by atoms with Gasteiger partial charge >= 0.3 is 0 Å². The molecule has 3 heterocycles. The highest BCUT2D eigenvalue weighted by molar-refractivity contribution is 6.30. The number of para-hydroxylation sites is 1. The van der Waals surface area contributed by atoms with Gasteiger partial charge in [0.15, 0.2) is 5.65 Å². The SMILES string of the molecule is COc1ccc(N2C(=O)c3c(-c4ccccc4)nc4c(c(C)nn4-c4ccccc4)c3C2c2ccc(Cl)cc2)cc1. The van der Waals surface area contributed by atoms with Gasteiger partial charge in [-0.3, -0.25) is 9.69 Å². The maximum absolute atomic E-state index is 14.6. The third-order valence-electron chi connectivity index (χ3n) is 7.58. The van der Waals surface area contributed by atoms with Crippen LogP contribution in [0.2, 0.25) is 5.02 Å². The average molecular weight is 557 g/mol. The summed E-state index contributed by atoms with van der Waals surface area (Å²) < 4.78 is 7.27. The second-order valence-electron chi connectivity index (χ2n) is 9.97. The first-order chi connectivity index (χ1) is 20.0. The fraction of sp³-hybridized carbons (Fsp3) is 0.0882. The second-order valence-corrected chi connectivity index (χ2v) is 10.4. The van der Waals surface area contributed by atoms with Gasteiger partial charge in [0.1, 0.15) is 5.75 Å². The maximum Gasteiger partial charge on any atom is 0.261 e. The summed E-state index contributed by atoms with van der Waals surface area (Å²) in [6.45, 7) is 1.98. The topological polar surface area (TPSA) is 60.2 Å². The first kappa shape index (κ1) is 25.1. The predicted molar refractivity (Wildman–Crippen MR) is 162 cm³/mol. The summed E-state index contributed by atoms with van der Waals surface area (Å²) >= 11 is 6.31. The minimum absolute atomic E-state index is 0.120. The Kier molecular flexibility index (Phi) is 6.06. The lowest BCUT2D eigenvalue weighted by atomic mass is 9.92. The van der Waals surface area contributed by atoms with E-state index in [2.05, 4.69) is 0 Å². The molecule has 0 saturated carbocycles. The molecular formula is C34H25ClN4O2. The molecule has 1 unspecified atom stereocenters. The molecule has 1 atom stereocenters. The van der Waals surface area contributed by atoms with Crippen molar-refractivity contribution < 1.29 is 9.53 Å². The standard InChI is InChI=1S/C34H25ClN4O2/c1-21-28-29-30(31(22-9-5-3-6-10-22)36-33(28)39(37-21)26-11-7-4-8-12-26)34(40)38(25-17-19-27(41-2)20-18-25)32(29)23-13-15-24(35)16-14-23/h3-20,32H,1-2H3. The summed E-state index contributed by atoms with van der Waals surface area (Å²) in [5.74, 6) is 0.597. The Morgan fingerprint density at radius 2 is 1.46 bits per heavy atom. The van der Waals surface area contributed by atoms with Crippen LogP contribution in [0.5, 0.6) is 5.75 Å². The van der Waals surface area contributed by atoms with Crippen molar-refractivity contribution in [3.8, 4) is 22.7 Å². The number of benzene rings is 4. The molecule has 6 aromatic rings. The fourth-order valence-electron chi connectivity index (χ4n) is 5.73. The molecule has 0 N–H and O–H groups in total. The lowest BCUT2D eigenvalue weighted by molar-refractivity contribution is 0.0994. The zero-order chi connectivity index (χ0) is 28.1. The number of nitrogens with zero attached hydrogens (tertiary/aromatic N) is 4. The van der Waals surface area contributed by atoms with Gasteiger partial charge in [-0.15, -0.1) is 0 Å². The van der Waals surface area contributed by atoms with Crippen LogP contribution in [0.3, 0.4) is 0 Å². The number of aryl methyl sites for hydroxylation is 1. The number of anilines is 1. The van der Waals surface area contributed by atoms with Crippen LogP contribution in [-0.2, 0) is 0 Å². The Morgan fingerprint density at radius 1 is 0.805 bits per heavy atom. The number of pyridine rings is 1. The summed E-state index contributed by atoms with van der Waals surface area (Å²) in [6.07, 6.45) is 0. The van der Waals surface area contributed by atoms with E-state index in [0.717, 1.165) is 44.9 Å². The summed E-state index contributed by atoms with van der Waals surface area (Å²) in [5.41, 5.74) is 7.06. The van der Waals surface area contributed by atoms with Crippen molar-refractivity contribution in [1.82, 2.24) is 14.8 Å². The molecule has 0 saturated heterocycles. The number of halogens is 1. The first-order valence-electron chi connectivity index (χ1n) is 13.3. The molecular weight excluding hydrogens is 532 g/mol. The molecule has 41 heavy (non-hydrogen) atoms. The molecule has 200 valence electrons. The number of fused-ring (bicyclic) bond motifs is 3. The Labute approximate surface area is 242 Å². The van der Waals surface area contributed by atoms with Gasteiger partial charge in [0.2, 0.25) is 0 Å². The lowest BCUT2D eigenvalue weighted by Gasteiger charge is -2.26. The fourth-order valence-corrected chi connectivity index (χ4v) is 5.85. The minimum Gasteiger partial charge on any atom is -0.497 e. The van der Waals surface area contributed by atoms with Crippen LogP contribution in [0.25, 0.3) is 28.0 Å². The zero-order valence-electron chi connectivity index (χ0n) is 22.5. The van der Waals surface area contributed by atoms with E-state index < -0.39 is 6.04 Å². The number of carbonyl (C=O) groups is 1. The summed E-state index contributed by atoms with van der Waals surface area (Å²) in [5, 5.41) is 6.45. The van der Waals surface area contributed by atoms with Crippen LogP contribution in [0.15, 0.2) is 109 Å².